The molecule has 0 aromatic rings. The number of carbonyl (C=O) groups is 2. The van der Waals surface area contributed by atoms with Gasteiger partial charge in [-0.25, -0.2) is 9.59 Å². The highest BCUT2D eigenvalue weighted by molar-refractivity contribution is 8.00. The zero-order valence-corrected chi connectivity index (χ0v) is 10.6. The summed E-state index contributed by atoms with van der Waals surface area (Å²) in [7, 11) is 0. The van der Waals surface area contributed by atoms with Gasteiger partial charge in [-0.05, 0) is 11.8 Å². The monoisotopic (exact) mass is 302 g/mol. The molecule has 0 aromatic carbocycles. The molecule has 19 heavy (non-hydrogen) atoms. The van der Waals surface area contributed by atoms with Crippen molar-refractivity contribution < 1.29 is 32.6 Å². The SMILES string of the molecule is O=C(O)C1COCCN1C(=O)NCCSC(F)(F)F. The van der Waals surface area contributed by atoms with Gasteiger partial charge >= 0.3 is 17.5 Å². The van der Waals surface area contributed by atoms with Crippen molar-refractivity contribution in [2.24, 2.45) is 0 Å². The zero-order chi connectivity index (χ0) is 14.5. The number of aliphatic carboxylic acids is 1. The first-order valence-corrected chi connectivity index (χ1v) is 6.35. The summed E-state index contributed by atoms with van der Waals surface area (Å²) in [6.07, 6.45) is 0. The largest absolute Gasteiger partial charge is 0.480 e. The number of amides is 2. The van der Waals surface area contributed by atoms with E-state index < -0.39 is 23.6 Å². The smallest absolute Gasteiger partial charge is 0.441 e. The van der Waals surface area contributed by atoms with Crippen molar-refractivity contribution >= 4 is 23.8 Å². The van der Waals surface area contributed by atoms with Crippen LogP contribution in [0.25, 0.3) is 0 Å². The van der Waals surface area contributed by atoms with Gasteiger partial charge in [0, 0.05) is 18.8 Å². The Morgan fingerprint density at radius 1 is 1.47 bits per heavy atom. The van der Waals surface area contributed by atoms with Gasteiger partial charge in [-0.15, -0.1) is 0 Å². The summed E-state index contributed by atoms with van der Waals surface area (Å²) in [6, 6.07) is -1.80. The molecule has 110 valence electrons. The van der Waals surface area contributed by atoms with E-state index in [0.29, 0.717) is 0 Å². The Morgan fingerprint density at radius 2 is 2.16 bits per heavy atom. The topological polar surface area (TPSA) is 78.9 Å². The second-order valence-corrected chi connectivity index (χ2v) is 4.81. The van der Waals surface area contributed by atoms with Crippen molar-refractivity contribution in [1.82, 2.24) is 10.2 Å². The highest BCUT2D eigenvalue weighted by Gasteiger charge is 2.33. The molecule has 1 unspecified atom stereocenters. The van der Waals surface area contributed by atoms with E-state index in [0.717, 1.165) is 4.90 Å². The van der Waals surface area contributed by atoms with E-state index in [9.17, 15) is 22.8 Å². The van der Waals surface area contributed by atoms with E-state index in [1.807, 2.05) is 0 Å². The fourth-order valence-electron chi connectivity index (χ4n) is 1.48. The molecule has 10 heteroatoms. The van der Waals surface area contributed by atoms with Crippen LogP contribution in [-0.4, -0.2) is 65.6 Å². The molecule has 1 fully saturated rings. The van der Waals surface area contributed by atoms with Gasteiger partial charge in [0.05, 0.1) is 13.2 Å². The number of carboxylic acids is 1. The lowest BCUT2D eigenvalue weighted by atomic mass is 10.2. The van der Waals surface area contributed by atoms with E-state index in [4.69, 9.17) is 9.84 Å². The molecule has 0 bridgehead atoms. The Balaban J connectivity index is 2.37. The van der Waals surface area contributed by atoms with Gasteiger partial charge in [0.1, 0.15) is 0 Å². The number of ether oxygens (including phenoxy) is 1. The van der Waals surface area contributed by atoms with Crippen LogP contribution in [0.1, 0.15) is 0 Å². The van der Waals surface area contributed by atoms with Crippen molar-refractivity contribution in [2.75, 3.05) is 32.1 Å². The van der Waals surface area contributed by atoms with Crippen LogP contribution in [0, 0.1) is 0 Å². The van der Waals surface area contributed by atoms with Gasteiger partial charge in [-0.1, -0.05) is 0 Å². The maximum Gasteiger partial charge on any atom is 0.441 e. The van der Waals surface area contributed by atoms with Crippen LogP contribution in [0.4, 0.5) is 18.0 Å². The van der Waals surface area contributed by atoms with E-state index in [1.54, 1.807) is 0 Å². The van der Waals surface area contributed by atoms with Gasteiger partial charge < -0.3 is 20.1 Å². The number of urea groups is 1. The van der Waals surface area contributed by atoms with Crippen molar-refractivity contribution in [3.05, 3.63) is 0 Å². The molecule has 2 N–H and O–H groups in total. The third kappa shape index (κ3) is 5.55. The summed E-state index contributed by atoms with van der Waals surface area (Å²) < 4.78 is 40.5. The fourth-order valence-corrected chi connectivity index (χ4v) is 1.91. The van der Waals surface area contributed by atoms with Gasteiger partial charge in [0.15, 0.2) is 6.04 Å². The lowest BCUT2D eigenvalue weighted by Gasteiger charge is -2.32. The minimum atomic E-state index is -4.34. The minimum Gasteiger partial charge on any atom is -0.480 e. The predicted molar refractivity (Wildman–Crippen MR) is 60.9 cm³/mol. The first-order chi connectivity index (χ1) is 8.81. The average Bonchev–Trinajstić information content (AvgIpc) is 2.33. The maximum atomic E-state index is 11.8. The van der Waals surface area contributed by atoms with Crippen LogP contribution in [0.2, 0.25) is 0 Å². The summed E-state index contributed by atoms with van der Waals surface area (Å²) >= 11 is -0.245. The highest BCUT2D eigenvalue weighted by atomic mass is 32.2. The number of hydrogen-bond acceptors (Lipinski definition) is 4. The summed E-state index contributed by atoms with van der Waals surface area (Å²) in [4.78, 5) is 23.6. The molecule has 0 aromatic heterocycles. The standard InChI is InChI=1S/C9H13F3N2O4S/c10-9(11,12)19-4-1-13-8(17)14-2-3-18-5-6(14)7(15)16/h6H,1-5H2,(H,13,17)(H,15,16). The van der Waals surface area contributed by atoms with Crippen LogP contribution in [-0.2, 0) is 9.53 Å². The van der Waals surface area contributed by atoms with Crippen LogP contribution in [0.5, 0.6) is 0 Å². The van der Waals surface area contributed by atoms with Crippen molar-refractivity contribution in [3.8, 4) is 0 Å². The van der Waals surface area contributed by atoms with E-state index in [2.05, 4.69) is 5.32 Å². The Labute approximate surface area is 111 Å². The molecular weight excluding hydrogens is 289 g/mol. The molecule has 2 amide bonds. The molecule has 1 aliphatic heterocycles. The lowest BCUT2D eigenvalue weighted by molar-refractivity contribution is -0.147. The fraction of sp³-hybridized carbons (Fsp3) is 0.778. The van der Waals surface area contributed by atoms with Gasteiger partial charge in [-0.2, -0.15) is 13.2 Å². The number of hydrogen-bond donors (Lipinski definition) is 2. The molecule has 6 nitrogen and oxygen atoms in total. The number of morpholine rings is 1. The van der Waals surface area contributed by atoms with Crippen LogP contribution >= 0.6 is 11.8 Å². The van der Waals surface area contributed by atoms with Crippen molar-refractivity contribution in [3.63, 3.8) is 0 Å². The zero-order valence-electron chi connectivity index (χ0n) is 9.77. The minimum absolute atomic E-state index is 0.0925. The quantitative estimate of drug-likeness (QED) is 0.749. The number of nitrogens with zero attached hydrogens (tertiary/aromatic N) is 1. The molecule has 1 heterocycles. The molecule has 1 aliphatic rings. The Hall–Kier alpha value is -1.16. The average molecular weight is 302 g/mol. The van der Waals surface area contributed by atoms with Crippen molar-refractivity contribution in [2.45, 2.75) is 11.6 Å². The number of carbonyl (C=O) groups excluding carboxylic acids is 1. The summed E-state index contributed by atoms with van der Waals surface area (Å²) in [5, 5.41) is 11.1. The molecule has 0 radical (unpaired) electrons. The lowest BCUT2D eigenvalue weighted by Crippen LogP contribution is -2.55. The predicted octanol–water partition coefficient (Wildman–Crippen LogP) is 0.734. The van der Waals surface area contributed by atoms with E-state index in [-0.39, 0.29) is 43.8 Å². The summed E-state index contributed by atoms with van der Waals surface area (Å²) in [6.45, 7) is -0.0174. The second kappa shape index (κ2) is 6.85. The van der Waals surface area contributed by atoms with Gasteiger partial charge in [0.2, 0.25) is 0 Å². The van der Waals surface area contributed by atoms with Gasteiger partial charge in [-0.3, -0.25) is 0 Å². The van der Waals surface area contributed by atoms with Crippen LogP contribution in [0.15, 0.2) is 0 Å². The summed E-state index contributed by atoms with van der Waals surface area (Å²) in [5.41, 5.74) is -4.34. The number of thioether (sulfide) groups is 1. The van der Waals surface area contributed by atoms with Crippen LogP contribution < -0.4 is 5.32 Å². The Morgan fingerprint density at radius 3 is 2.74 bits per heavy atom. The molecular formula is C9H13F3N2O4S. The third-order valence-corrected chi connectivity index (χ3v) is 3.05. The maximum absolute atomic E-state index is 11.8. The first-order valence-electron chi connectivity index (χ1n) is 5.37. The van der Waals surface area contributed by atoms with E-state index in [1.165, 1.54) is 0 Å². The number of rotatable bonds is 4. The number of halogens is 3. The normalized spacial score (nSPS) is 20.2. The molecule has 0 aliphatic carbocycles. The number of alkyl halides is 3. The number of nitrogens with one attached hydrogen (secondary N) is 1. The van der Waals surface area contributed by atoms with Crippen molar-refractivity contribution in [1.29, 1.82) is 0 Å². The molecule has 1 atom stereocenters. The highest BCUT2D eigenvalue weighted by Crippen LogP contribution is 2.29. The number of carboxylic acid groups (broad SMARTS) is 1. The molecule has 1 rings (SSSR count). The summed E-state index contributed by atoms with van der Waals surface area (Å²) in [5.74, 6) is -1.53. The second-order valence-electron chi connectivity index (χ2n) is 3.65. The van der Waals surface area contributed by atoms with E-state index >= 15 is 0 Å². The molecule has 1 saturated heterocycles. The third-order valence-electron chi connectivity index (χ3n) is 2.32. The molecule has 0 spiro atoms. The van der Waals surface area contributed by atoms with Crippen LogP contribution in [0.3, 0.4) is 0 Å². The molecule has 0 saturated carbocycles. The van der Waals surface area contributed by atoms with Gasteiger partial charge in [0.25, 0.3) is 0 Å². The first kappa shape index (κ1) is 15.9. The Kier molecular flexibility index (Phi) is 5.73. The Bertz CT molecular complexity index is 340.